The van der Waals surface area contributed by atoms with Crippen LogP contribution in [0, 0.1) is 0 Å². The Morgan fingerprint density at radius 3 is 0.439 bits per heavy atom. The molecular formula is C14H3F27. The van der Waals surface area contributed by atoms with Gasteiger partial charge in [-0.1, -0.05) is 0 Å². The van der Waals surface area contributed by atoms with Crippen LogP contribution < -0.4 is 0 Å². The SMILES string of the molecule is CC(F)(F)C(F)(F)C(F)(F)C(F)(F)C(F)(F)C(F)(F)C(F)(F)C(F)(F)C(F)(F)C(F)(F)C(F)(F)C(F)(F)C(F)(F)F. The van der Waals surface area contributed by atoms with Crippen molar-refractivity contribution in [2.45, 2.75) is 84.2 Å². The minimum atomic E-state index is -9.73. The van der Waals surface area contributed by atoms with Gasteiger partial charge in [0.2, 0.25) is 0 Å². The van der Waals surface area contributed by atoms with Gasteiger partial charge in [-0.15, -0.1) is 0 Å². The molecule has 0 N–H and O–H groups in total. The Labute approximate surface area is 204 Å². The van der Waals surface area contributed by atoms with Crippen LogP contribution in [0.25, 0.3) is 0 Å². The van der Waals surface area contributed by atoms with Crippen molar-refractivity contribution in [3.05, 3.63) is 0 Å². The van der Waals surface area contributed by atoms with Gasteiger partial charge in [0.1, 0.15) is 0 Å². The van der Waals surface area contributed by atoms with E-state index in [0.717, 1.165) is 0 Å². The predicted octanol–water partition coefficient (Wildman–Crippen LogP) is 9.19. The number of hydrogen-bond acceptors (Lipinski definition) is 0. The molecule has 0 spiro atoms. The second-order valence-corrected chi connectivity index (χ2v) is 7.70. The largest absolute Gasteiger partial charge is 0.460 e. The van der Waals surface area contributed by atoms with Crippen LogP contribution in [0.4, 0.5) is 119 Å². The highest BCUT2D eigenvalue weighted by Crippen LogP contribution is 2.68. The molecular weight excluding hydrogens is 681 g/mol. The third kappa shape index (κ3) is 4.41. The Morgan fingerprint density at radius 2 is 0.317 bits per heavy atom. The number of hydrogen-bond donors (Lipinski definition) is 0. The fraction of sp³-hybridized carbons (Fsp3) is 1.00. The Morgan fingerprint density at radius 1 is 0.195 bits per heavy atom. The maximum absolute atomic E-state index is 13.5. The molecule has 0 atom stereocenters. The summed E-state index contributed by atoms with van der Waals surface area (Å²) in [5.41, 5.74) is 0. The standard InChI is InChI=1S/C14H3F27/c1-2(15,16)3(17,18)4(19,20)5(21,22)6(23,24)7(25,26)8(27,28)9(29,30)10(31,32)11(33,34)12(35,36)13(37,38)14(39,40)41/h1H3. The van der Waals surface area contributed by atoms with Gasteiger partial charge in [-0.25, -0.2) is 0 Å². The summed E-state index contributed by atoms with van der Waals surface area (Å²) in [6.45, 7) is -1.56. The average molecular weight is 684 g/mol. The summed E-state index contributed by atoms with van der Waals surface area (Å²) in [5, 5.41) is 0. The van der Waals surface area contributed by atoms with E-state index in [2.05, 4.69) is 0 Å². The zero-order chi connectivity index (χ0) is 34.5. The normalized spacial score (nSPS) is 17.3. The first-order valence-corrected chi connectivity index (χ1v) is 8.60. The molecule has 0 fully saturated rings. The minimum Gasteiger partial charge on any atom is -0.200 e. The van der Waals surface area contributed by atoms with Crippen LogP contribution in [0.1, 0.15) is 6.92 Å². The van der Waals surface area contributed by atoms with Crippen LogP contribution in [0.15, 0.2) is 0 Å². The van der Waals surface area contributed by atoms with E-state index in [-0.39, 0.29) is 0 Å². The van der Waals surface area contributed by atoms with E-state index in [1.807, 2.05) is 0 Å². The molecule has 0 amide bonds. The number of halogens is 27. The highest BCUT2D eigenvalue weighted by molar-refractivity contribution is 5.20. The third-order valence-corrected chi connectivity index (χ3v) is 4.85. The van der Waals surface area contributed by atoms with Gasteiger partial charge in [0, 0.05) is 6.92 Å². The van der Waals surface area contributed by atoms with Crippen LogP contribution in [0.3, 0.4) is 0 Å². The van der Waals surface area contributed by atoms with E-state index < -0.39 is 84.2 Å². The van der Waals surface area contributed by atoms with Crippen LogP contribution >= 0.6 is 0 Å². The lowest BCUT2D eigenvalue weighted by Crippen LogP contribution is -2.78. The molecule has 0 aliphatic carbocycles. The van der Waals surface area contributed by atoms with E-state index in [0.29, 0.717) is 0 Å². The molecule has 0 radical (unpaired) electrons. The summed E-state index contributed by atoms with van der Waals surface area (Å²) >= 11 is 0. The summed E-state index contributed by atoms with van der Waals surface area (Å²) in [6, 6.07) is 0. The summed E-state index contributed by atoms with van der Waals surface area (Å²) in [4.78, 5) is 0. The maximum atomic E-state index is 13.5. The van der Waals surface area contributed by atoms with Gasteiger partial charge >= 0.3 is 77.2 Å². The fourth-order valence-electron chi connectivity index (χ4n) is 2.23. The van der Waals surface area contributed by atoms with E-state index >= 15 is 0 Å². The first-order valence-electron chi connectivity index (χ1n) is 8.60. The molecule has 0 unspecified atom stereocenters. The summed E-state index contributed by atoms with van der Waals surface area (Å²) in [6.07, 6.45) is -8.22. The number of alkyl halides is 27. The monoisotopic (exact) mass is 684 g/mol. The summed E-state index contributed by atoms with van der Waals surface area (Å²) < 4.78 is 352. The minimum absolute atomic E-state index is 1.56. The Balaban J connectivity index is 7.41. The van der Waals surface area contributed by atoms with Gasteiger partial charge < -0.3 is 0 Å². The van der Waals surface area contributed by atoms with E-state index in [4.69, 9.17) is 0 Å². The molecule has 0 aromatic heterocycles. The zero-order valence-corrected chi connectivity index (χ0v) is 17.7. The molecule has 0 aliphatic rings. The van der Waals surface area contributed by atoms with Crippen LogP contribution in [-0.2, 0) is 0 Å². The van der Waals surface area contributed by atoms with Gasteiger partial charge in [0.15, 0.2) is 0 Å². The second kappa shape index (κ2) is 9.06. The van der Waals surface area contributed by atoms with Crippen molar-refractivity contribution < 1.29 is 119 Å². The van der Waals surface area contributed by atoms with Crippen molar-refractivity contribution in [2.75, 3.05) is 0 Å². The maximum Gasteiger partial charge on any atom is 0.460 e. The molecule has 0 bridgehead atoms. The molecule has 41 heavy (non-hydrogen) atoms. The van der Waals surface area contributed by atoms with Crippen molar-refractivity contribution in [3.63, 3.8) is 0 Å². The predicted molar refractivity (Wildman–Crippen MR) is 71.1 cm³/mol. The lowest BCUT2D eigenvalue weighted by molar-refractivity contribution is -0.484. The molecule has 0 aromatic carbocycles. The van der Waals surface area contributed by atoms with Crippen molar-refractivity contribution in [2.24, 2.45) is 0 Å². The average Bonchev–Trinajstić information content (AvgIpc) is 2.70. The van der Waals surface area contributed by atoms with Crippen molar-refractivity contribution >= 4 is 0 Å². The highest BCUT2D eigenvalue weighted by Gasteiger charge is 3.00. The Kier molecular flexibility index (Phi) is 8.64. The van der Waals surface area contributed by atoms with Gasteiger partial charge in [0.25, 0.3) is 0 Å². The first kappa shape index (κ1) is 39.1. The summed E-state index contributed by atoms with van der Waals surface area (Å²) in [5.74, 6) is -108. The Hall–Kier alpha value is -1.89. The van der Waals surface area contributed by atoms with Gasteiger partial charge in [-0.2, -0.15) is 119 Å². The van der Waals surface area contributed by atoms with E-state index in [1.165, 1.54) is 0 Å². The molecule has 0 saturated carbocycles. The fourth-order valence-corrected chi connectivity index (χ4v) is 2.23. The molecule has 0 rings (SSSR count). The number of rotatable bonds is 11. The second-order valence-electron chi connectivity index (χ2n) is 7.70. The molecule has 0 heterocycles. The van der Waals surface area contributed by atoms with E-state index in [1.54, 1.807) is 0 Å². The Bertz CT molecular complexity index is 879. The van der Waals surface area contributed by atoms with Crippen molar-refractivity contribution in [1.82, 2.24) is 0 Å². The van der Waals surface area contributed by atoms with Gasteiger partial charge in [-0.3, -0.25) is 0 Å². The molecule has 248 valence electrons. The van der Waals surface area contributed by atoms with E-state index in [9.17, 15) is 119 Å². The molecule has 0 saturated heterocycles. The van der Waals surface area contributed by atoms with Crippen LogP contribution in [0.5, 0.6) is 0 Å². The molecule has 0 aliphatic heterocycles. The van der Waals surface area contributed by atoms with Crippen molar-refractivity contribution in [1.29, 1.82) is 0 Å². The molecule has 27 heteroatoms. The summed E-state index contributed by atoms with van der Waals surface area (Å²) in [7, 11) is 0. The zero-order valence-electron chi connectivity index (χ0n) is 17.7. The topological polar surface area (TPSA) is 0 Å². The lowest BCUT2D eigenvalue weighted by Gasteiger charge is -2.46. The third-order valence-electron chi connectivity index (χ3n) is 4.85. The smallest absolute Gasteiger partial charge is 0.200 e. The highest BCUT2D eigenvalue weighted by atomic mass is 19.4. The quantitative estimate of drug-likeness (QED) is 0.191. The lowest BCUT2D eigenvalue weighted by atomic mass is 9.84. The molecule has 0 nitrogen and oxygen atoms in total. The van der Waals surface area contributed by atoms with Gasteiger partial charge in [-0.05, 0) is 0 Å². The van der Waals surface area contributed by atoms with Crippen molar-refractivity contribution in [3.8, 4) is 0 Å². The first-order chi connectivity index (χ1) is 17.0. The van der Waals surface area contributed by atoms with Crippen LogP contribution in [-0.4, -0.2) is 77.2 Å². The van der Waals surface area contributed by atoms with Crippen LogP contribution in [0.2, 0.25) is 0 Å². The molecule has 0 aromatic rings. The van der Waals surface area contributed by atoms with Gasteiger partial charge in [0.05, 0.1) is 0 Å².